The molecule has 4 heteroatoms. The van der Waals surface area contributed by atoms with Crippen molar-refractivity contribution in [3.63, 3.8) is 0 Å². The quantitative estimate of drug-likeness (QED) is 0.537. The average Bonchev–Trinajstić information content (AvgIpc) is 3.36. The second-order valence-corrected chi connectivity index (χ2v) is 8.54. The Morgan fingerprint density at radius 3 is 2.68 bits per heavy atom. The first kappa shape index (κ1) is 20.1. The van der Waals surface area contributed by atoms with Crippen LogP contribution in [0.4, 0.5) is 0 Å². The van der Waals surface area contributed by atoms with E-state index >= 15 is 0 Å². The molecule has 0 saturated carbocycles. The topological polar surface area (TPSA) is 38.8 Å². The van der Waals surface area contributed by atoms with Crippen molar-refractivity contribution in [2.75, 3.05) is 26.3 Å². The number of fused-ring (bicyclic) bond motifs is 1. The van der Waals surface area contributed by atoms with Gasteiger partial charge in [-0.25, -0.2) is 0 Å². The highest BCUT2D eigenvalue weighted by Gasteiger charge is 2.21. The molecular formula is C27H29NO3. The molecule has 2 saturated heterocycles. The number of carbonyl (C=O) groups excluding carboxylic acids is 1. The number of ether oxygens (including phenoxy) is 2. The van der Waals surface area contributed by atoms with E-state index in [0.29, 0.717) is 6.61 Å². The molecule has 1 unspecified atom stereocenters. The number of likely N-dealkylation sites (tertiary alicyclic amines) is 1. The Kier molecular flexibility index (Phi) is 5.90. The third kappa shape index (κ3) is 4.31. The number of hydrogen-bond acceptors (Lipinski definition) is 3. The Bertz CT molecular complexity index is 1070. The monoisotopic (exact) mass is 415 g/mol. The Morgan fingerprint density at radius 1 is 0.968 bits per heavy atom. The molecule has 0 spiro atoms. The summed E-state index contributed by atoms with van der Waals surface area (Å²) in [4.78, 5) is 15.1. The number of piperidine rings is 1. The first-order chi connectivity index (χ1) is 15.3. The minimum Gasteiger partial charge on any atom is -0.490 e. The fourth-order valence-corrected chi connectivity index (χ4v) is 4.72. The van der Waals surface area contributed by atoms with Gasteiger partial charge in [0.1, 0.15) is 12.4 Å². The first-order valence-corrected chi connectivity index (χ1v) is 11.5. The lowest BCUT2D eigenvalue weighted by Gasteiger charge is -2.27. The molecule has 160 valence electrons. The molecule has 5 rings (SSSR count). The zero-order valence-electron chi connectivity index (χ0n) is 17.9. The molecule has 0 radical (unpaired) electrons. The maximum absolute atomic E-state index is 13.1. The highest BCUT2D eigenvalue weighted by Crippen LogP contribution is 2.38. The summed E-state index contributed by atoms with van der Waals surface area (Å²) in [5.74, 6) is 0.973. The molecule has 3 aromatic rings. The van der Waals surface area contributed by atoms with Crippen molar-refractivity contribution in [2.24, 2.45) is 0 Å². The summed E-state index contributed by atoms with van der Waals surface area (Å²) in [6, 6.07) is 20.5. The van der Waals surface area contributed by atoms with Gasteiger partial charge < -0.3 is 14.4 Å². The van der Waals surface area contributed by atoms with Gasteiger partial charge in [0.15, 0.2) is 0 Å². The molecule has 2 aliphatic heterocycles. The van der Waals surface area contributed by atoms with Gasteiger partial charge in [0.2, 0.25) is 0 Å². The van der Waals surface area contributed by atoms with Crippen LogP contribution < -0.4 is 4.74 Å². The number of hydrogen-bond donors (Lipinski definition) is 0. The van der Waals surface area contributed by atoms with Gasteiger partial charge in [0.05, 0.1) is 6.10 Å². The van der Waals surface area contributed by atoms with Crippen molar-refractivity contribution in [3.05, 3.63) is 66.2 Å². The Labute approximate surface area is 183 Å². The lowest BCUT2D eigenvalue weighted by atomic mass is 9.95. The van der Waals surface area contributed by atoms with Gasteiger partial charge in [-0.1, -0.05) is 42.5 Å². The highest BCUT2D eigenvalue weighted by atomic mass is 16.5. The van der Waals surface area contributed by atoms with E-state index in [1.54, 1.807) is 0 Å². The highest BCUT2D eigenvalue weighted by molar-refractivity contribution is 6.02. The second-order valence-electron chi connectivity index (χ2n) is 8.54. The van der Waals surface area contributed by atoms with Crippen LogP contribution in [0, 0.1) is 0 Å². The molecule has 4 nitrogen and oxygen atoms in total. The molecule has 3 aromatic carbocycles. The molecule has 2 heterocycles. The molecule has 1 amide bonds. The van der Waals surface area contributed by atoms with E-state index in [0.717, 1.165) is 78.6 Å². The maximum atomic E-state index is 13.1. The predicted molar refractivity (Wildman–Crippen MR) is 124 cm³/mol. The number of benzene rings is 3. The number of rotatable bonds is 5. The summed E-state index contributed by atoms with van der Waals surface area (Å²) in [5, 5.41) is 2.30. The van der Waals surface area contributed by atoms with Crippen molar-refractivity contribution in [1.82, 2.24) is 4.90 Å². The lowest BCUT2D eigenvalue weighted by molar-refractivity contribution is 0.0682. The van der Waals surface area contributed by atoms with Gasteiger partial charge in [-0.3, -0.25) is 4.79 Å². The van der Waals surface area contributed by atoms with E-state index in [-0.39, 0.29) is 12.0 Å². The van der Waals surface area contributed by atoms with Gasteiger partial charge in [0.25, 0.3) is 5.91 Å². The van der Waals surface area contributed by atoms with E-state index in [4.69, 9.17) is 9.47 Å². The van der Waals surface area contributed by atoms with Crippen molar-refractivity contribution >= 4 is 16.7 Å². The van der Waals surface area contributed by atoms with Crippen molar-refractivity contribution in [2.45, 2.75) is 38.2 Å². The smallest absolute Gasteiger partial charge is 0.253 e. The third-order valence-electron chi connectivity index (χ3n) is 6.38. The van der Waals surface area contributed by atoms with Crippen LogP contribution in [0.2, 0.25) is 0 Å². The van der Waals surface area contributed by atoms with Crippen LogP contribution in [0.1, 0.15) is 42.5 Å². The lowest BCUT2D eigenvalue weighted by Crippen LogP contribution is -2.35. The predicted octanol–water partition coefficient (Wildman–Crippen LogP) is 5.69. The standard InChI is InChI=1S/C27H29NO3/c29-27(28-15-4-1-5-16-28)22-10-6-9-21(18-22)26-24-12-3-2-8-20(24)13-14-25(26)31-19-23-11-7-17-30-23/h2-3,6,8-10,12-14,18,23H,1,4-5,7,11,15-17,19H2. The number of amides is 1. The summed E-state index contributed by atoms with van der Waals surface area (Å²) >= 11 is 0. The summed E-state index contributed by atoms with van der Waals surface area (Å²) in [6.07, 6.45) is 5.70. The second kappa shape index (κ2) is 9.11. The van der Waals surface area contributed by atoms with E-state index in [9.17, 15) is 4.79 Å². The first-order valence-electron chi connectivity index (χ1n) is 11.5. The van der Waals surface area contributed by atoms with Crippen LogP contribution in [0.15, 0.2) is 60.7 Å². The molecule has 0 bridgehead atoms. The fraction of sp³-hybridized carbons (Fsp3) is 0.370. The summed E-state index contributed by atoms with van der Waals surface area (Å²) in [5.41, 5.74) is 2.81. The Hall–Kier alpha value is -2.85. The van der Waals surface area contributed by atoms with Crippen LogP contribution in [-0.2, 0) is 4.74 Å². The van der Waals surface area contributed by atoms with E-state index in [2.05, 4.69) is 36.4 Å². The SMILES string of the molecule is O=C(c1cccc(-c2c(OCC3CCCO3)ccc3ccccc23)c1)N1CCCCC1. The summed E-state index contributed by atoms with van der Waals surface area (Å²) in [7, 11) is 0. The summed E-state index contributed by atoms with van der Waals surface area (Å²) < 4.78 is 12.0. The van der Waals surface area contributed by atoms with Crippen LogP contribution in [0.25, 0.3) is 21.9 Å². The molecular weight excluding hydrogens is 386 g/mol. The summed E-state index contributed by atoms with van der Waals surface area (Å²) in [6.45, 7) is 3.08. The van der Waals surface area contributed by atoms with Crippen LogP contribution >= 0.6 is 0 Å². The largest absolute Gasteiger partial charge is 0.490 e. The van der Waals surface area contributed by atoms with Crippen LogP contribution in [0.5, 0.6) is 5.75 Å². The molecule has 2 fully saturated rings. The number of carbonyl (C=O) groups is 1. The molecule has 0 aliphatic carbocycles. The molecule has 31 heavy (non-hydrogen) atoms. The third-order valence-corrected chi connectivity index (χ3v) is 6.38. The van der Waals surface area contributed by atoms with Gasteiger partial charge in [-0.15, -0.1) is 0 Å². The minimum absolute atomic E-state index is 0.128. The zero-order chi connectivity index (χ0) is 21.0. The normalized spacial score (nSPS) is 19.0. The Morgan fingerprint density at radius 2 is 1.84 bits per heavy atom. The minimum atomic E-state index is 0.128. The van der Waals surface area contributed by atoms with Crippen LogP contribution in [0.3, 0.4) is 0 Å². The van der Waals surface area contributed by atoms with Crippen molar-refractivity contribution in [3.8, 4) is 16.9 Å². The zero-order valence-corrected chi connectivity index (χ0v) is 17.9. The van der Waals surface area contributed by atoms with E-state index in [1.807, 2.05) is 29.2 Å². The van der Waals surface area contributed by atoms with Gasteiger partial charge in [-0.2, -0.15) is 0 Å². The fourth-order valence-electron chi connectivity index (χ4n) is 4.72. The molecule has 0 aromatic heterocycles. The molecule has 1 atom stereocenters. The van der Waals surface area contributed by atoms with Gasteiger partial charge in [0, 0.05) is 30.8 Å². The van der Waals surface area contributed by atoms with E-state index in [1.165, 1.54) is 6.42 Å². The van der Waals surface area contributed by atoms with Gasteiger partial charge >= 0.3 is 0 Å². The molecule has 0 N–H and O–H groups in total. The maximum Gasteiger partial charge on any atom is 0.253 e. The number of nitrogens with zero attached hydrogens (tertiary/aromatic N) is 1. The van der Waals surface area contributed by atoms with E-state index < -0.39 is 0 Å². The molecule has 2 aliphatic rings. The van der Waals surface area contributed by atoms with Gasteiger partial charge in [-0.05, 0) is 66.6 Å². The Balaban J connectivity index is 1.52. The average molecular weight is 416 g/mol. The van der Waals surface area contributed by atoms with Crippen molar-refractivity contribution in [1.29, 1.82) is 0 Å². The van der Waals surface area contributed by atoms with Crippen molar-refractivity contribution < 1.29 is 14.3 Å². The van der Waals surface area contributed by atoms with Crippen LogP contribution in [-0.4, -0.2) is 43.2 Å².